The van der Waals surface area contributed by atoms with E-state index in [1.165, 1.54) is 6.07 Å². The SMILES string of the molecule is CNCCC(F)(F)c1ccc2c(c1)CCCO2. The van der Waals surface area contributed by atoms with Crippen LogP contribution in [0.3, 0.4) is 0 Å². The summed E-state index contributed by atoms with van der Waals surface area (Å²) in [6.07, 6.45) is 1.55. The third kappa shape index (κ3) is 2.75. The highest BCUT2D eigenvalue weighted by atomic mass is 19.3. The van der Waals surface area contributed by atoms with Gasteiger partial charge in [0.05, 0.1) is 6.61 Å². The second-order valence-corrected chi connectivity index (χ2v) is 4.33. The maximum atomic E-state index is 13.8. The summed E-state index contributed by atoms with van der Waals surface area (Å²) in [4.78, 5) is 0. The van der Waals surface area contributed by atoms with E-state index in [1.54, 1.807) is 19.2 Å². The van der Waals surface area contributed by atoms with Crippen LogP contribution in [0.1, 0.15) is 24.0 Å². The van der Waals surface area contributed by atoms with Crippen LogP contribution in [0.2, 0.25) is 0 Å². The fourth-order valence-electron chi connectivity index (χ4n) is 2.01. The molecular formula is C13H17F2NO. The van der Waals surface area contributed by atoms with Crippen molar-refractivity contribution in [2.75, 3.05) is 20.2 Å². The molecular weight excluding hydrogens is 224 g/mol. The van der Waals surface area contributed by atoms with Crippen molar-refractivity contribution in [3.8, 4) is 5.75 Å². The Kier molecular flexibility index (Phi) is 3.62. The molecule has 0 aromatic heterocycles. The molecule has 2 rings (SSSR count). The molecule has 0 spiro atoms. The Morgan fingerprint density at radius 2 is 2.24 bits per heavy atom. The molecule has 0 saturated carbocycles. The van der Waals surface area contributed by atoms with Gasteiger partial charge >= 0.3 is 0 Å². The van der Waals surface area contributed by atoms with Crippen molar-refractivity contribution in [1.82, 2.24) is 5.32 Å². The fraction of sp³-hybridized carbons (Fsp3) is 0.538. The van der Waals surface area contributed by atoms with Gasteiger partial charge in [-0.3, -0.25) is 0 Å². The monoisotopic (exact) mass is 241 g/mol. The Bertz CT molecular complexity index is 393. The summed E-state index contributed by atoms with van der Waals surface area (Å²) < 4.78 is 33.1. The molecule has 1 aliphatic heterocycles. The summed E-state index contributed by atoms with van der Waals surface area (Å²) in [5, 5.41) is 2.75. The lowest BCUT2D eigenvalue weighted by molar-refractivity contribution is -0.0125. The predicted molar refractivity (Wildman–Crippen MR) is 62.7 cm³/mol. The minimum atomic E-state index is -2.77. The molecule has 1 aromatic rings. The Labute approximate surface area is 100.0 Å². The van der Waals surface area contributed by atoms with E-state index in [0.29, 0.717) is 13.2 Å². The molecule has 0 fully saturated rings. The van der Waals surface area contributed by atoms with Crippen LogP contribution in [0.15, 0.2) is 18.2 Å². The van der Waals surface area contributed by atoms with Gasteiger partial charge in [-0.05, 0) is 43.7 Å². The quantitative estimate of drug-likeness (QED) is 0.875. The van der Waals surface area contributed by atoms with Gasteiger partial charge in [0.2, 0.25) is 0 Å². The maximum Gasteiger partial charge on any atom is 0.274 e. The van der Waals surface area contributed by atoms with Gasteiger partial charge in [-0.25, -0.2) is 8.78 Å². The number of halogens is 2. The van der Waals surface area contributed by atoms with E-state index in [9.17, 15) is 8.78 Å². The van der Waals surface area contributed by atoms with Crippen LogP contribution in [0, 0.1) is 0 Å². The number of hydrogen-bond acceptors (Lipinski definition) is 2. The number of ether oxygens (including phenoxy) is 1. The van der Waals surface area contributed by atoms with Gasteiger partial charge < -0.3 is 10.1 Å². The average molecular weight is 241 g/mol. The summed E-state index contributed by atoms with van der Waals surface area (Å²) in [5.41, 5.74) is 0.995. The van der Waals surface area contributed by atoms with Crippen LogP contribution in [0.4, 0.5) is 8.78 Å². The molecule has 0 saturated heterocycles. The highest BCUT2D eigenvalue weighted by Gasteiger charge is 2.31. The molecule has 17 heavy (non-hydrogen) atoms. The third-order valence-corrected chi connectivity index (χ3v) is 3.02. The van der Waals surface area contributed by atoms with E-state index >= 15 is 0 Å². The van der Waals surface area contributed by atoms with Gasteiger partial charge in [0.25, 0.3) is 5.92 Å². The van der Waals surface area contributed by atoms with E-state index in [0.717, 1.165) is 24.2 Å². The van der Waals surface area contributed by atoms with Gasteiger partial charge in [-0.15, -0.1) is 0 Å². The summed E-state index contributed by atoms with van der Waals surface area (Å²) >= 11 is 0. The molecule has 0 aliphatic carbocycles. The normalized spacial score (nSPS) is 15.2. The molecule has 0 bridgehead atoms. The first-order chi connectivity index (χ1) is 8.13. The lowest BCUT2D eigenvalue weighted by Crippen LogP contribution is -2.21. The van der Waals surface area contributed by atoms with E-state index in [-0.39, 0.29) is 12.0 Å². The zero-order chi connectivity index (χ0) is 12.3. The van der Waals surface area contributed by atoms with Gasteiger partial charge in [0.15, 0.2) is 0 Å². The molecule has 4 heteroatoms. The van der Waals surface area contributed by atoms with E-state index < -0.39 is 5.92 Å². The molecule has 0 unspecified atom stereocenters. The zero-order valence-corrected chi connectivity index (χ0v) is 9.93. The molecule has 1 N–H and O–H groups in total. The van der Waals surface area contributed by atoms with Crippen molar-refractivity contribution in [2.45, 2.75) is 25.2 Å². The number of fused-ring (bicyclic) bond motifs is 1. The number of rotatable bonds is 4. The largest absolute Gasteiger partial charge is 0.493 e. The Balaban J connectivity index is 2.20. The Morgan fingerprint density at radius 1 is 1.41 bits per heavy atom. The summed E-state index contributed by atoms with van der Waals surface area (Å²) in [6.45, 7) is 0.989. The first-order valence-electron chi connectivity index (χ1n) is 5.92. The molecule has 1 aliphatic rings. The van der Waals surface area contributed by atoms with Crippen molar-refractivity contribution < 1.29 is 13.5 Å². The number of hydrogen-bond donors (Lipinski definition) is 1. The van der Waals surface area contributed by atoms with Crippen LogP contribution in [-0.4, -0.2) is 20.2 Å². The first-order valence-corrected chi connectivity index (χ1v) is 5.92. The summed E-state index contributed by atoms with van der Waals surface area (Å²) in [6, 6.07) is 4.72. The molecule has 0 atom stereocenters. The molecule has 2 nitrogen and oxygen atoms in total. The van der Waals surface area contributed by atoms with Gasteiger partial charge in [-0.2, -0.15) is 0 Å². The summed E-state index contributed by atoms with van der Waals surface area (Å²) in [7, 11) is 1.68. The zero-order valence-electron chi connectivity index (χ0n) is 9.93. The number of alkyl halides is 2. The highest BCUT2D eigenvalue weighted by Crippen LogP contribution is 2.35. The standard InChI is InChI=1S/C13H17F2NO/c1-16-7-6-13(14,15)11-4-5-12-10(9-11)3-2-8-17-12/h4-5,9,16H,2-3,6-8H2,1H3. The predicted octanol–water partition coefficient (Wildman–Crippen LogP) is 2.71. The van der Waals surface area contributed by atoms with Crippen molar-refractivity contribution in [3.05, 3.63) is 29.3 Å². The smallest absolute Gasteiger partial charge is 0.274 e. The van der Waals surface area contributed by atoms with Crippen molar-refractivity contribution in [3.63, 3.8) is 0 Å². The van der Waals surface area contributed by atoms with E-state index in [1.807, 2.05) is 0 Å². The molecule has 0 radical (unpaired) electrons. The van der Waals surface area contributed by atoms with Crippen LogP contribution in [-0.2, 0) is 12.3 Å². The van der Waals surface area contributed by atoms with Crippen LogP contribution < -0.4 is 10.1 Å². The topological polar surface area (TPSA) is 21.3 Å². The molecule has 0 amide bonds. The molecule has 1 heterocycles. The van der Waals surface area contributed by atoms with Crippen LogP contribution in [0.25, 0.3) is 0 Å². The maximum absolute atomic E-state index is 13.8. The Morgan fingerprint density at radius 3 is 3.00 bits per heavy atom. The first kappa shape index (κ1) is 12.3. The highest BCUT2D eigenvalue weighted by molar-refractivity contribution is 5.40. The lowest BCUT2D eigenvalue weighted by Gasteiger charge is -2.21. The second kappa shape index (κ2) is 5.00. The third-order valence-electron chi connectivity index (χ3n) is 3.02. The number of nitrogens with one attached hydrogen (secondary N) is 1. The van der Waals surface area contributed by atoms with Crippen LogP contribution >= 0.6 is 0 Å². The average Bonchev–Trinajstić information content (AvgIpc) is 2.36. The van der Waals surface area contributed by atoms with Crippen molar-refractivity contribution in [1.29, 1.82) is 0 Å². The summed E-state index contributed by atoms with van der Waals surface area (Å²) in [5.74, 6) is -2.01. The van der Waals surface area contributed by atoms with Gasteiger partial charge in [0, 0.05) is 18.5 Å². The Hall–Kier alpha value is -1.16. The number of aryl methyl sites for hydroxylation is 1. The molecule has 94 valence electrons. The van der Waals surface area contributed by atoms with Gasteiger partial charge in [0.1, 0.15) is 5.75 Å². The number of benzene rings is 1. The van der Waals surface area contributed by atoms with Crippen molar-refractivity contribution in [2.24, 2.45) is 0 Å². The minimum absolute atomic E-state index is 0.0944. The van der Waals surface area contributed by atoms with Crippen LogP contribution in [0.5, 0.6) is 5.75 Å². The molecule has 1 aromatic carbocycles. The lowest BCUT2D eigenvalue weighted by atomic mass is 9.98. The second-order valence-electron chi connectivity index (χ2n) is 4.33. The van der Waals surface area contributed by atoms with E-state index in [4.69, 9.17) is 4.74 Å². The van der Waals surface area contributed by atoms with Gasteiger partial charge in [-0.1, -0.05) is 0 Å². The minimum Gasteiger partial charge on any atom is -0.493 e. The van der Waals surface area contributed by atoms with Crippen molar-refractivity contribution >= 4 is 0 Å². The van der Waals surface area contributed by atoms with E-state index in [2.05, 4.69) is 5.32 Å². The fourth-order valence-corrected chi connectivity index (χ4v) is 2.01.